The summed E-state index contributed by atoms with van der Waals surface area (Å²) in [6, 6.07) is 17.3. The minimum absolute atomic E-state index is 0.00609. The third kappa shape index (κ3) is 7.82. The van der Waals surface area contributed by atoms with Crippen molar-refractivity contribution in [3.63, 3.8) is 0 Å². The normalized spacial score (nSPS) is 12.5. The van der Waals surface area contributed by atoms with Crippen molar-refractivity contribution in [3.05, 3.63) is 94.8 Å². The van der Waals surface area contributed by atoms with Gasteiger partial charge in [0.2, 0.25) is 11.8 Å². The summed E-state index contributed by atoms with van der Waals surface area (Å²) in [6.45, 7) is 8.46. The fourth-order valence-electron chi connectivity index (χ4n) is 4.16. The SMILES string of the molecule is CC[C@H](C(=O)NC(C)(C)C)N(Cc1ccc(F)cc1)C(=O)CN(c1ccccc1Cl)S(=O)(=O)c1ccc(C)cc1. The van der Waals surface area contributed by atoms with Gasteiger partial charge in [-0.25, -0.2) is 12.8 Å². The van der Waals surface area contributed by atoms with Crippen LogP contribution in [0.1, 0.15) is 45.2 Å². The van der Waals surface area contributed by atoms with Gasteiger partial charge >= 0.3 is 0 Å². The average Bonchev–Trinajstić information content (AvgIpc) is 2.88. The van der Waals surface area contributed by atoms with Gasteiger partial charge in [-0.05, 0) is 76.1 Å². The molecule has 214 valence electrons. The first-order valence-corrected chi connectivity index (χ1v) is 14.7. The molecular formula is C30H35ClFN3O4S. The topological polar surface area (TPSA) is 86.8 Å². The van der Waals surface area contributed by atoms with Gasteiger partial charge in [-0.1, -0.05) is 60.5 Å². The molecule has 0 aromatic heterocycles. The maximum atomic E-state index is 14.0. The molecule has 0 bridgehead atoms. The van der Waals surface area contributed by atoms with Crippen LogP contribution in [0.3, 0.4) is 0 Å². The number of carbonyl (C=O) groups is 2. The summed E-state index contributed by atoms with van der Waals surface area (Å²) in [7, 11) is -4.23. The van der Waals surface area contributed by atoms with Crippen LogP contribution in [0.25, 0.3) is 0 Å². The summed E-state index contributed by atoms with van der Waals surface area (Å²) >= 11 is 6.43. The Morgan fingerprint density at radius 1 is 0.975 bits per heavy atom. The van der Waals surface area contributed by atoms with Gasteiger partial charge in [0, 0.05) is 12.1 Å². The van der Waals surface area contributed by atoms with E-state index >= 15 is 0 Å². The maximum absolute atomic E-state index is 14.0. The predicted octanol–water partition coefficient (Wildman–Crippen LogP) is 5.70. The fourth-order valence-corrected chi connectivity index (χ4v) is 5.88. The van der Waals surface area contributed by atoms with Crippen LogP contribution >= 0.6 is 11.6 Å². The van der Waals surface area contributed by atoms with Gasteiger partial charge in [0.25, 0.3) is 10.0 Å². The molecule has 0 saturated carbocycles. The Morgan fingerprint density at radius 2 is 1.57 bits per heavy atom. The number of nitrogens with one attached hydrogen (secondary N) is 1. The van der Waals surface area contributed by atoms with Crippen LogP contribution in [0, 0.1) is 12.7 Å². The first-order chi connectivity index (χ1) is 18.7. The van der Waals surface area contributed by atoms with Gasteiger partial charge in [0.05, 0.1) is 15.6 Å². The van der Waals surface area contributed by atoms with E-state index in [4.69, 9.17) is 11.6 Å². The number of aryl methyl sites for hydroxylation is 1. The maximum Gasteiger partial charge on any atom is 0.264 e. The molecule has 0 saturated heterocycles. The number of halogens is 2. The summed E-state index contributed by atoms with van der Waals surface area (Å²) in [6.07, 6.45) is 0.269. The van der Waals surface area contributed by atoms with Crippen LogP contribution in [0.5, 0.6) is 0 Å². The summed E-state index contributed by atoms with van der Waals surface area (Å²) in [5, 5.41) is 3.06. The molecular weight excluding hydrogens is 553 g/mol. The van der Waals surface area contributed by atoms with Crippen LogP contribution in [-0.4, -0.2) is 43.3 Å². The minimum atomic E-state index is -4.23. The summed E-state index contributed by atoms with van der Waals surface area (Å²) in [4.78, 5) is 28.7. The van der Waals surface area contributed by atoms with Crippen LogP contribution in [-0.2, 0) is 26.2 Å². The van der Waals surface area contributed by atoms with Gasteiger partial charge < -0.3 is 10.2 Å². The van der Waals surface area contributed by atoms with E-state index in [0.29, 0.717) is 5.56 Å². The second-order valence-electron chi connectivity index (χ2n) is 10.6. The third-order valence-electron chi connectivity index (χ3n) is 6.16. The molecule has 1 N–H and O–H groups in total. The van der Waals surface area contributed by atoms with Gasteiger partial charge in [0.1, 0.15) is 18.4 Å². The van der Waals surface area contributed by atoms with Crippen molar-refractivity contribution in [2.45, 2.75) is 64.1 Å². The zero-order valence-electron chi connectivity index (χ0n) is 23.3. The molecule has 40 heavy (non-hydrogen) atoms. The number of para-hydroxylation sites is 1. The average molecular weight is 588 g/mol. The molecule has 2 amide bonds. The number of nitrogens with zero attached hydrogens (tertiary/aromatic N) is 2. The Morgan fingerprint density at radius 3 is 2.12 bits per heavy atom. The quantitative estimate of drug-likeness (QED) is 0.329. The van der Waals surface area contributed by atoms with Crippen molar-refractivity contribution in [3.8, 4) is 0 Å². The molecule has 1 atom stereocenters. The smallest absolute Gasteiger partial charge is 0.264 e. The van der Waals surface area contributed by atoms with Crippen molar-refractivity contribution in [2.24, 2.45) is 0 Å². The van der Waals surface area contributed by atoms with Crippen molar-refractivity contribution in [1.29, 1.82) is 0 Å². The Hall–Kier alpha value is -3.43. The number of carbonyl (C=O) groups excluding carboxylic acids is 2. The molecule has 3 aromatic carbocycles. The number of benzene rings is 3. The molecule has 0 heterocycles. The summed E-state index contributed by atoms with van der Waals surface area (Å²) in [5.74, 6) is -1.43. The largest absolute Gasteiger partial charge is 0.350 e. The summed E-state index contributed by atoms with van der Waals surface area (Å²) < 4.78 is 42.3. The minimum Gasteiger partial charge on any atom is -0.350 e. The molecule has 0 spiro atoms. The lowest BCUT2D eigenvalue weighted by atomic mass is 10.1. The third-order valence-corrected chi connectivity index (χ3v) is 8.25. The van der Waals surface area contributed by atoms with E-state index in [9.17, 15) is 22.4 Å². The lowest BCUT2D eigenvalue weighted by molar-refractivity contribution is -0.141. The number of sulfonamides is 1. The molecule has 0 fully saturated rings. The number of amides is 2. The molecule has 3 rings (SSSR count). The molecule has 0 aliphatic rings. The van der Waals surface area contributed by atoms with Crippen LogP contribution < -0.4 is 9.62 Å². The van der Waals surface area contributed by atoms with E-state index in [0.717, 1.165) is 9.87 Å². The fraction of sp³-hybridized carbons (Fsp3) is 0.333. The molecule has 0 aliphatic heterocycles. The molecule has 0 unspecified atom stereocenters. The standard InChI is InChI=1S/C30H35ClFN3O4S/c1-6-26(29(37)33-30(3,4)5)34(19-22-13-15-23(32)16-14-22)28(36)20-35(27-10-8-7-9-25(27)31)40(38,39)24-17-11-21(2)12-18-24/h7-18,26H,6,19-20H2,1-5H3,(H,33,37)/t26-/m1/s1. The monoisotopic (exact) mass is 587 g/mol. The Balaban J connectivity index is 2.08. The van der Waals surface area contributed by atoms with Gasteiger partial charge in [-0.15, -0.1) is 0 Å². The highest BCUT2D eigenvalue weighted by atomic mass is 35.5. The molecule has 0 radical (unpaired) electrons. The van der Waals surface area contributed by atoms with E-state index < -0.39 is 39.9 Å². The second-order valence-corrected chi connectivity index (χ2v) is 12.9. The van der Waals surface area contributed by atoms with Gasteiger partial charge in [-0.2, -0.15) is 0 Å². The number of anilines is 1. The second kappa shape index (κ2) is 12.8. The van der Waals surface area contributed by atoms with Crippen molar-refractivity contribution in [1.82, 2.24) is 10.2 Å². The van der Waals surface area contributed by atoms with E-state index in [1.165, 1.54) is 47.4 Å². The van der Waals surface area contributed by atoms with Gasteiger partial charge in [-0.3, -0.25) is 13.9 Å². The highest BCUT2D eigenvalue weighted by molar-refractivity contribution is 7.92. The van der Waals surface area contributed by atoms with E-state index in [-0.39, 0.29) is 34.5 Å². The van der Waals surface area contributed by atoms with Crippen molar-refractivity contribution in [2.75, 3.05) is 10.8 Å². The van der Waals surface area contributed by atoms with E-state index in [1.807, 2.05) is 27.7 Å². The molecule has 7 nitrogen and oxygen atoms in total. The molecule has 0 aliphatic carbocycles. The van der Waals surface area contributed by atoms with Crippen molar-refractivity contribution < 1.29 is 22.4 Å². The number of hydrogen-bond donors (Lipinski definition) is 1. The first-order valence-electron chi connectivity index (χ1n) is 12.9. The molecule has 10 heteroatoms. The van der Waals surface area contributed by atoms with Crippen LogP contribution in [0.15, 0.2) is 77.7 Å². The van der Waals surface area contributed by atoms with E-state index in [2.05, 4.69) is 5.32 Å². The first kappa shape index (κ1) is 31.1. The highest BCUT2D eigenvalue weighted by Gasteiger charge is 2.35. The zero-order valence-corrected chi connectivity index (χ0v) is 24.9. The zero-order chi connectivity index (χ0) is 29.7. The Kier molecular flexibility index (Phi) is 9.97. The lowest BCUT2D eigenvalue weighted by Crippen LogP contribution is -2.55. The predicted molar refractivity (Wildman–Crippen MR) is 156 cm³/mol. The van der Waals surface area contributed by atoms with Crippen LogP contribution in [0.2, 0.25) is 5.02 Å². The summed E-state index contributed by atoms with van der Waals surface area (Å²) in [5.41, 5.74) is 1.03. The molecule has 3 aromatic rings. The van der Waals surface area contributed by atoms with Gasteiger partial charge in [0.15, 0.2) is 0 Å². The van der Waals surface area contributed by atoms with E-state index in [1.54, 1.807) is 37.3 Å². The number of hydrogen-bond acceptors (Lipinski definition) is 4. The van der Waals surface area contributed by atoms with Crippen molar-refractivity contribution >= 4 is 39.1 Å². The Labute approximate surface area is 241 Å². The lowest BCUT2D eigenvalue weighted by Gasteiger charge is -2.35. The highest BCUT2D eigenvalue weighted by Crippen LogP contribution is 2.31. The van der Waals surface area contributed by atoms with Crippen LogP contribution in [0.4, 0.5) is 10.1 Å². The number of rotatable bonds is 10. The Bertz CT molecular complexity index is 1440.